The van der Waals surface area contributed by atoms with E-state index in [4.69, 9.17) is 31.1 Å². The third kappa shape index (κ3) is 114. The summed E-state index contributed by atoms with van der Waals surface area (Å²) in [5, 5.41) is 29.9. The Hall–Kier alpha value is -0.814. The Bertz CT molecular complexity index is 87.8. The van der Waals surface area contributed by atoms with Crippen LogP contribution in [0.15, 0.2) is 10.7 Å². The van der Waals surface area contributed by atoms with Gasteiger partial charge in [0.15, 0.2) is 0 Å². The van der Waals surface area contributed by atoms with Crippen LogP contribution in [0.3, 0.4) is 0 Å². The summed E-state index contributed by atoms with van der Waals surface area (Å²) in [4.78, 5) is 16.0. The molecule has 89 valence electrons. The van der Waals surface area contributed by atoms with Crippen LogP contribution in [0.5, 0.6) is 0 Å². The predicted octanol–water partition coefficient (Wildman–Crippen LogP) is 0.903. The van der Waals surface area contributed by atoms with Crippen molar-refractivity contribution in [2.45, 2.75) is 0 Å². The van der Waals surface area contributed by atoms with Crippen molar-refractivity contribution in [3.8, 4) is 0 Å². The fourth-order valence-electron chi connectivity index (χ4n) is 0.262. The molecule has 0 aliphatic heterocycles. The van der Waals surface area contributed by atoms with E-state index < -0.39 is 0 Å². The monoisotopic (exact) mass is 253 g/mol. The largest absolute Gasteiger partial charge is 0.679 e. The summed E-state index contributed by atoms with van der Waals surface area (Å²) in [6, 6.07) is 0. The van der Waals surface area contributed by atoms with Gasteiger partial charge in [-0.2, -0.15) is 13.1 Å². The second-order valence-corrected chi connectivity index (χ2v) is 1.29. The Morgan fingerprint density at radius 3 is 1.79 bits per heavy atom. The molecule has 10 heteroatoms. The molecule has 0 saturated heterocycles. The molecular formula is C4H10CoN4O5-4. The van der Waals surface area contributed by atoms with E-state index in [-0.39, 0.29) is 23.4 Å². The Morgan fingerprint density at radius 1 is 1.21 bits per heavy atom. The molecule has 0 aromatic carbocycles. The predicted molar refractivity (Wildman–Crippen MR) is 47.7 cm³/mol. The number of nitrogens with zero attached hydrogens (tertiary/aromatic N) is 3. The minimum atomic E-state index is 0. The summed E-state index contributed by atoms with van der Waals surface area (Å²) in [5.41, 5.74) is 6.61. The summed E-state index contributed by atoms with van der Waals surface area (Å²) in [6.45, 7) is 1.49. The van der Waals surface area contributed by atoms with Gasteiger partial charge in [-0.25, -0.2) is 0 Å². The SMILES string of the molecule is O=N[O-].O=N[O-].[Co].[NH-]CC[N-]CCO. The van der Waals surface area contributed by atoms with Gasteiger partial charge in [0.1, 0.15) is 0 Å². The zero-order chi connectivity index (χ0) is 10.9. The van der Waals surface area contributed by atoms with E-state index in [0.717, 1.165) is 10.7 Å². The molecule has 0 aliphatic carbocycles. The molecule has 0 amide bonds. The smallest absolute Gasteiger partial charge is 0.0243 e. The summed E-state index contributed by atoms with van der Waals surface area (Å²) < 4.78 is 0. The number of hydrogen-bond acceptors (Lipinski definition) is 7. The zero-order valence-corrected chi connectivity index (χ0v) is 8.12. The van der Waals surface area contributed by atoms with Crippen molar-refractivity contribution in [1.29, 1.82) is 0 Å². The van der Waals surface area contributed by atoms with Crippen molar-refractivity contribution in [3.63, 3.8) is 0 Å². The second kappa shape index (κ2) is 39.8. The van der Waals surface area contributed by atoms with Crippen molar-refractivity contribution in [1.82, 2.24) is 0 Å². The zero-order valence-electron chi connectivity index (χ0n) is 7.08. The van der Waals surface area contributed by atoms with Crippen LogP contribution in [0.2, 0.25) is 0 Å². The van der Waals surface area contributed by atoms with Crippen LogP contribution in [-0.2, 0) is 16.8 Å². The first-order valence-corrected chi connectivity index (χ1v) is 3.03. The summed E-state index contributed by atoms with van der Waals surface area (Å²) in [7, 11) is 0. The van der Waals surface area contributed by atoms with Gasteiger partial charge in [0.05, 0.1) is 0 Å². The van der Waals surface area contributed by atoms with Crippen molar-refractivity contribution in [3.05, 3.63) is 31.3 Å². The fourth-order valence-corrected chi connectivity index (χ4v) is 0.262. The van der Waals surface area contributed by atoms with Crippen LogP contribution < -0.4 is 0 Å². The quantitative estimate of drug-likeness (QED) is 0.446. The summed E-state index contributed by atoms with van der Waals surface area (Å²) in [5.74, 6) is 0. The van der Waals surface area contributed by atoms with Gasteiger partial charge in [-0.1, -0.05) is 0 Å². The maximum Gasteiger partial charge on any atom is 0.0243 e. The molecule has 0 rings (SSSR count). The van der Waals surface area contributed by atoms with Gasteiger partial charge in [0.2, 0.25) is 0 Å². The van der Waals surface area contributed by atoms with Crippen molar-refractivity contribution >= 4 is 0 Å². The van der Waals surface area contributed by atoms with E-state index in [1.54, 1.807) is 0 Å². The first-order valence-electron chi connectivity index (χ1n) is 3.03. The average molecular weight is 253 g/mol. The molecule has 0 fully saturated rings. The molecule has 2 N–H and O–H groups in total. The van der Waals surface area contributed by atoms with Crippen molar-refractivity contribution in [2.24, 2.45) is 10.7 Å². The Labute approximate surface area is 90.7 Å². The van der Waals surface area contributed by atoms with Gasteiger partial charge in [-0.15, -0.1) is 17.2 Å². The Kier molecular flexibility index (Phi) is 66.0. The van der Waals surface area contributed by atoms with Crippen molar-refractivity contribution < 1.29 is 21.9 Å². The molecule has 0 heterocycles. The molecule has 0 saturated carbocycles. The Morgan fingerprint density at radius 2 is 1.57 bits per heavy atom. The van der Waals surface area contributed by atoms with Gasteiger partial charge in [0.25, 0.3) is 0 Å². The molecule has 1 radical (unpaired) electrons. The summed E-state index contributed by atoms with van der Waals surface area (Å²) >= 11 is 0. The van der Waals surface area contributed by atoms with E-state index in [9.17, 15) is 0 Å². The Balaban J connectivity index is -0.0000000610. The molecule has 0 spiro atoms. The third-order valence-corrected chi connectivity index (χ3v) is 0.528. The molecule has 0 aliphatic rings. The standard InChI is InChI=1S/C4H10N2O.Co.2HNO2/c5-1-2-6-3-4-7;;2*2-1-3/h5,7H,1-4H2;;2*(H,2,3)/q-2;;;/p-2. The number of aliphatic hydroxyl groups excluding tert-OH is 1. The van der Waals surface area contributed by atoms with Crippen LogP contribution >= 0.6 is 0 Å². The van der Waals surface area contributed by atoms with E-state index in [1.807, 2.05) is 0 Å². The number of hydrogen-bond donors (Lipinski definition) is 1. The molecule has 0 bridgehead atoms. The maximum atomic E-state index is 8.14. The van der Waals surface area contributed by atoms with E-state index in [2.05, 4.69) is 5.32 Å². The van der Waals surface area contributed by atoms with Gasteiger partial charge in [0, 0.05) is 23.4 Å². The molecule has 0 unspecified atom stereocenters. The van der Waals surface area contributed by atoms with Crippen LogP contribution in [0.25, 0.3) is 11.1 Å². The van der Waals surface area contributed by atoms with Crippen LogP contribution in [0, 0.1) is 20.2 Å². The normalized spacial score (nSPS) is 6.43. The molecule has 9 nitrogen and oxygen atoms in total. The van der Waals surface area contributed by atoms with Crippen molar-refractivity contribution in [2.75, 3.05) is 26.2 Å². The van der Waals surface area contributed by atoms with E-state index in [1.165, 1.54) is 0 Å². The number of nitrogens with one attached hydrogen (secondary N) is 1. The van der Waals surface area contributed by atoms with E-state index >= 15 is 0 Å². The molecule has 0 aromatic heterocycles. The number of aliphatic hydroxyl groups is 1. The minimum absolute atomic E-state index is 0. The van der Waals surface area contributed by atoms with Gasteiger partial charge in [-0.05, 0) is 0 Å². The maximum absolute atomic E-state index is 8.14. The fraction of sp³-hybridized carbons (Fsp3) is 1.00. The molecule has 0 atom stereocenters. The van der Waals surface area contributed by atoms with Crippen LogP contribution in [0.4, 0.5) is 0 Å². The van der Waals surface area contributed by atoms with Gasteiger partial charge in [-0.3, -0.25) is 0 Å². The topological polar surface area (TPSA) is 163 Å². The molecule has 0 aromatic rings. The second-order valence-electron chi connectivity index (χ2n) is 1.29. The number of rotatable bonds is 4. The summed E-state index contributed by atoms with van der Waals surface area (Å²) in [6.07, 6.45) is 0. The average Bonchev–Trinajstić information content (AvgIpc) is 2.08. The first kappa shape index (κ1) is 23.2. The first-order chi connectivity index (χ1) is 6.24. The minimum Gasteiger partial charge on any atom is -0.679 e. The molecule has 14 heavy (non-hydrogen) atoms. The van der Waals surface area contributed by atoms with Crippen LogP contribution in [0.1, 0.15) is 0 Å². The van der Waals surface area contributed by atoms with Crippen LogP contribution in [-0.4, -0.2) is 31.3 Å². The molecular weight excluding hydrogens is 243 g/mol. The van der Waals surface area contributed by atoms with Gasteiger partial charge < -0.3 is 36.4 Å². The third-order valence-electron chi connectivity index (χ3n) is 0.528. The van der Waals surface area contributed by atoms with Gasteiger partial charge >= 0.3 is 0 Å². The van der Waals surface area contributed by atoms with E-state index in [0.29, 0.717) is 19.6 Å².